The molecular formula is C25H31IN6O2. The Labute approximate surface area is 216 Å². The van der Waals surface area contributed by atoms with Gasteiger partial charge in [-0.2, -0.15) is 0 Å². The number of carbonyl (C=O) groups is 2. The first-order valence-corrected chi connectivity index (χ1v) is 11.8. The van der Waals surface area contributed by atoms with E-state index in [4.69, 9.17) is 0 Å². The number of nitrogens with zero attached hydrogens (tertiary/aromatic N) is 4. The van der Waals surface area contributed by atoms with Gasteiger partial charge in [0.05, 0.1) is 11.8 Å². The van der Waals surface area contributed by atoms with Crippen LogP contribution < -0.4 is 10.6 Å². The van der Waals surface area contributed by atoms with Gasteiger partial charge in [-0.1, -0.05) is 42.5 Å². The van der Waals surface area contributed by atoms with Crippen molar-refractivity contribution in [1.82, 2.24) is 25.1 Å². The van der Waals surface area contributed by atoms with E-state index in [0.29, 0.717) is 32.1 Å². The third-order valence-electron chi connectivity index (χ3n) is 6.91. The lowest BCUT2D eigenvalue weighted by Crippen LogP contribution is -2.43. The molecule has 1 aromatic heterocycles. The van der Waals surface area contributed by atoms with E-state index in [2.05, 4.69) is 49.5 Å². The molecule has 2 amide bonds. The van der Waals surface area contributed by atoms with E-state index < -0.39 is 0 Å². The summed E-state index contributed by atoms with van der Waals surface area (Å²) in [6.45, 7) is 4.71. The summed E-state index contributed by atoms with van der Waals surface area (Å²) < 4.78 is 2.09. The number of aromatic nitrogens is 2. The van der Waals surface area contributed by atoms with Gasteiger partial charge in [-0.3, -0.25) is 14.5 Å². The first-order chi connectivity index (χ1) is 16.2. The molecule has 2 aliphatic carbocycles. The van der Waals surface area contributed by atoms with Gasteiger partial charge in [-0.25, -0.2) is 9.98 Å². The zero-order chi connectivity index (χ0) is 22.8. The third-order valence-corrected chi connectivity index (χ3v) is 6.91. The molecule has 9 heteroatoms. The molecule has 1 saturated heterocycles. The number of allylic oxidation sites excluding steroid dienone is 2. The smallest absolute Gasteiger partial charge is 0.233 e. The Morgan fingerprint density at radius 3 is 2.47 bits per heavy atom. The summed E-state index contributed by atoms with van der Waals surface area (Å²) in [6.07, 6.45) is 8.95. The van der Waals surface area contributed by atoms with E-state index in [-0.39, 0.29) is 59.5 Å². The van der Waals surface area contributed by atoms with Crippen LogP contribution in [0.2, 0.25) is 0 Å². The molecule has 5 rings (SSSR count). The van der Waals surface area contributed by atoms with Gasteiger partial charge in [0.25, 0.3) is 0 Å². The van der Waals surface area contributed by atoms with Crippen molar-refractivity contribution >= 4 is 41.8 Å². The number of imidazole rings is 1. The standard InChI is InChI=1S/C25H30N6O2.HI/c1-2-26-25(29-15-20-27-10-12-30(20)16-17-6-4-3-5-7-17)28-11-13-31-23(32)21-18-8-9-19(14-18)22(21)24(31)33;/h3-10,12,18-19,21-22H,2,11,13-16H2,1H3,(H2,26,28,29);1H. The fourth-order valence-electron chi connectivity index (χ4n) is 5.38. The molecule has 3 aliphatic rings. The van der Waals surface area contributed by atoms with Gasteiger partial charge in [0.1, 0.15) is 12.4 Å². The lowest BCUT2D eigenvalue weighted by molar-refractivity contribution is -0.140. The third kappa shape index (κ3) is 4.75. The van der Waals surface area contributed by atoms with Crippen molar-refractivity contribution in [3.05, 3.63) is 66.3 Å². The second-order valence-electron chi connectivity index (χ2n) is 8.91. The second kappa shape index (κ2) is 10.7. The van der Waals surface area contributed by atoms with Crippen molar-refractivity contribution in [2.24, 2.45) is 28.7 Å². The van der Waals surface area contributed by atoms with Crippen LogP contribution in [0.1, 0.15) is 24.7 Å². The van der Waals surface area contributed by atoms with Gasteiger partial charge in [-0.05, 0) is 30.7 Å². The van der Waals surface area contributed by atoms with Gasteiger partial charge in [0, 0.05) is 38.6 Å². The number of fused-ring (bicyclic) bond motifs is 5. The minimum atomic E-state index is -0.141. The monoisotopic (exact) mass is 574 g/mol. The predicted octanol–water partition coefficient (Wildman–Crippen LogP) is 2.41. The molecule has 1 aliphatic heterocycles. The molecule has 2 fully saturated rings. The number of hydrogen-bond acceptors (Lipinski definition) is 4. The Morgan fingerprint density at radius 2 is 1.79 bits per heavy atom. The van der Waals surface area contributed by atoms with Crippen LogP contribution in [-0.4, -0.2) is 51.9 Å². The van der Waals surface area contributed by atoms with E-state index in [1.54, 1.807) is 6.20 Å². The molecule has 2 aromatic rings. The molecule has 2 heterocycles. The zero-order valence-corrected chi connectivity index (χ0v) is 21.6. The minimum Gasteiger partial charge on any atom is -0.357 e. The van der Waals surface area contributed by atoms with Crippen LogP contribution in [0.5, 0.6) is 0 Å². The molecule has 2 N–H and O–H groups in total. The Kier molecular flexibility index (Phi) is 7.70. The molecule has 2 bridgehead atoms. The normalized spacial score (nSPS) is 25.0. The highest BCUT2D eigenvalue weighted by atomic mass is 127. The quantitative estimate of drug-likeness (QED) is 0.166. The van der Waals surface area contributed by atoms with Crippen molar-refractivity contribution in [2.45, 2.75) is 26.4 Å². The molecule has 180 valence electrons. The number of nitrogens with one attached hydrogen (secondary N) is 2. The van der Waals surface area contributed by atoms with E-state index >= 15 is 0 Å². The Balaban J connectivity index is 0.00000274. The summed E-state index contributed by atoms with van der Waals surface area (Å²) in [7, 11) is 0. The van der Waals surface area contributed by atoms with Gasteiger partial charge in [-0.15, -0.1) is 24.0 Å². The number of amides is 2. The maximum atomic E-state index is 12.8. The lowest BCUT2D eigenvalue weighted by atomic mass is 9.85. The summed E-state index contributed by atoms with van der Waals surface area (Å²) in [4.78, 5) is 36.3. The van der Waals surface area contributed by atoms with Crippen molar-refractivity contribution in [1.29, 1.82) is 0 Å². The van der Waals surface area contributed by atoms with Crippen LogP contribution in [0.25, 0.3) is 0 Å². The minimum absolute atomic E-state index is 0. The van der Waals surface area contributed by atoms with E-state index in [9.17, 15) is 9.59 Å². The first kappa shape index (κ1) is 24.4. The zero-order valence-electron chi connectivity index (χ0n) is 19.3. The van der Waals surface area contributed by atoms with Gasteiger partial charge in [0.15, 0.2) is 5.96 Å². The van der Waals surface area contributed by atoms with Crippen molar-refractivity contribution in [2.75, 3.05) is 19.6 Å². The van der Waals surface area contributed by atoms with E-state index in [0.717, 1.165) is 18.8 Å². The topological polar surface area (TPSA) is 91.6 Å². The molecule has 4 unspecified atom stereocenters. The lowest BCUT2D eigenvalue weighted by Gasteiger charge is -2.18. The Hall–Kier alpha value is -2.69. The fraction of sp³-hybridized carbons (Fsp3) is 0.440. The van der Waals surface area contributed by atoms with Crippen LogP contribution >= 0.6 is 24.0 Å². The number of likely N-dealkylation sites (tertiary alicyclic amines) is 1. The number of carbonyl (C=O) groups excluding carboxylic acids is 2. The number of hydrogen-bond donors (Lipinski definition) is 2. The highest BCUT2D eigenvalue weighted by Gasteiger charge is 2.58. The predicted molar refractivity (Wildman–Crippen MR) is 140 cm³/mol. The summed E-state index contributed by atoms with van der Waals surface area (Å²) in [5, 5.41) is 6.49. The van der Waals surface area contributed by atoms with E-state index in [1.165, 1.54) is 10.5 Å². The maximum absolute atomic E-state index is 12.8. The number of imide groups is 1. The average molecular weight is 574 g/mol. The largest absolute Gasteiger partial charge is 0.357 e. The summed E-state index contributed by atoms with van der Waals surface area (Å²) >= 11 is 0. The molecule has 1 aromatic carbocycles. The summed E-state index contributed by atoms with van der Waals surface area (Å²) in [6, 6.07) is 10.3. The second-order valence-corrected chi connectivity index (χ2v) is 8.91. The summed E-state index contributed by atoms with van der Waals surface area (Å²) in [5.74, 6) is 1.71. The number of benzene rings is 1. The maximum Gasteiger partial charge on any atom is 0.233 e. The van der Waals surface area contributed by atoms with Crippen molar-refractivity contribution in [3.8, 4) is 0 Å². The highest BCUT2D eigenvalue weighted by Crippen LogP contribution is 2.52. The number of guanidine groups is 1. The molecule has 8 nitrogen and oxygen atoms in total. The van der Waals surface area contributed by atoms with Crippen LogP contribution in [-0.2, 0) is 22.7 Å². The fourth-order valence-corrected chi connectivity index (χ4v) is 5.38. The van der Waals surface area contributed by atoms with Crippen LogP contribution in [0, 0.1) is 23.7 Å². The Bertz CT molecular complexity index is 1050. The van der Waals surface area contributed by atoms with Crippen LogP contribution in [0.3, 0.4) is 0 Å². The SMILES string of the molecule is CCNC(=NCc1nccn1Cc1ccccc1)NCCN1C(=O)C2C3C=CC(C3)C2C1=O.I. The van der Waals surface area contributed by atoms with Crippen LogP contribution in [0.15, 0.2) is 59.9 Å². The molecule has 0 spiro atoms. The highest BCUT2D eigenvalue weighted by molar-refractivity contribution is 14.0. The van der Waals surface area contributed by atoms with Crippen molar-refractivity contribution in [3.63, 3.8) is 0 Å². The first-order valence-electron chi connectivity index (χ1n) is 11.8. The van der Waals surface area contributed by atoms with Gasteiger partial charge < -0.3 is 15.2 Å². The van der Waals surface area contributed by atoms with Gasteiger partial charge >= 0.3 is 0 Å². The number of rotatable bonds is 8. The van der Waals surface area contributed by atoms with Crippen LogP contribution in [0.4, 0.5) is 0 Å². The molecule has 34 heavy (non-hydrogen) atoms. The summed E-state index contributed by atoms with van der Waals surface area (Å²) in [5.41, 5.74) is 1.21. The number of halogens is 1. The average Bonchev–Trinajstić information content (AvgIpc) is 3.60. The number of aliphatic imine (C=N–C) groups is 1. The molecular weight excluding hydrogens is 543 g/mol. The molecule has 1 saturated carbocycles. The molecule has 0 radical (unpaired) electrons. The Morgan fingerprint density at radius 1 is 1.09 bits per heavy atom. The van der Waals surface area contributed by atoms with E-state index in [1.807, 2.05) is 31.3 Å². The van der Waals surface area contributed by atoms with Crippen molar-refractivity contribution < 1.29 is 9.59 Å². The molecule has 4 atom stereocenters. The van der Waals surface area contributed by atoms with Gasteiger partial charge in [0.2, 0.25) is 11.8 Å².